The Hall–Kier alpha value is 0.210. The van der Waals surface area contributed by atoms with Gasteiger partial charge >= 0.3 is 0 Å². The average Bonchev–Trinajstić information content (AvgIpc) is 1.62. The summed E-state index contributed by atoms with van der Waals surface area (Å²) in [6.07, 6.45) is -0.640. The smallest absolute Gasteiger partial charge is 0.107 e. The molecule has 0 spiro atoms. The fourth-order valence-corrected chi connectivity index (χ4v) is 0.856. The molecule has 0 heterocycles. The highest BCUT2D eigenvalue weighted by atomic mass is 35.5. The lowest BCUT2D eigenvalue weighted by Gasteiger charge is -2.27. The van der Waals surface area contributed by atoms with Gasteiger partial charge < -0.3 is 10.8 Å². The molecule has 3 N–H and O–H groups in total. The lowest BCUT2D eigenvalue weighted by Crippen LogP contribution is -2.39. The van der Waals surface area contributed by atoms with Gasteiger partial charge in [0.1, 0.15) is 5.50 Å². The summed E-state index contributed by atoms with van der Waals surface area (Å²) in [6.45, 7) is 5.67. The van der Waals surface area contributed by atoms with Gasteiger partial charge in [0, 0.05) is 0 Å². The second-order valence-corrected chi connectivity index (χ2v) is 3.76. The molecule has 0 saturated carbocycles. The van der Waals surface area contributed by atoms with Crippen molar-refractivity contribution in [2.24, 2.45) is 11.1 Å². The van der Waals surface area contributed by atoms with E-state index in [4.69, 9.17) is 17.3 Å². The molecule has 0 aliphatic heterocycles. The monoisotopic (exact) mass is 151 g/mol. The van der Waals surface area contributed by atoms with Crippen molar-refractivity contribution in [1.82, 2.24) is 0 Å². The van der Waals surface area contributed by atoms with E-state index in [1.807, 2.05) is 20.8 Å². The van der Waals surface area contributed by atoms with E-state index in [1.165, 1.54) is 0 Å². The topological polar surface area (TPSA) is 46.2 Å². The van der Waals surface area contributed by atoms with Gasteiger partial charge in [-0.1, -0.05) is 20.8 Å². The van der Waals surface area contributed by atoms with Crippen molar-refractivity contribution >= 4 is 11.6 Å². The molecule has 0 aromatic carbocycles. The molecule has 2 atom stereocenters. The van der Waals surface area contributed by atoms with Crippen LogP contribution in [0, 0.1) is 5.41 Å². The van der Waals surface area contributed by atoms with Gasteiger partial charge in [-0.15, -0.1) is 11.6 Å². The Morgan fingerprint density at radius 3 is 1.78 bits per heavy atom. The van der Waals surface area contributed by atoms with Crippen LogP contribution in [-0.2, 0) is 0 Å². The standard InChI is InChI=1S/C6H14ClNO/c1-6(2,3)4(9)5(7)8/h4-5,9H,8H2,1-3H3. The number of hydrogen-bond acceptors (Lipinski definition) is 2. The average molecular weight is 152 g/mol. The van der Waals surface area contributed by atoms with E-state index in [9.17, 15) is 5.11 Å². The minimum atomic E-state index is -0.662. The number of nitrogens with two attached hydrogens (primary N) is 1. The Balaban J connectivity index is 3.88. The summed E-state index contributed by atoms with van der Waals surface area (Å²) in [6, 6.07) is 0. The first-order valence-electron chi connectivity index (χ1n) is 2.93. The predicted octanol–water partition coefficient (Wildman–Crippen LogP) is 0.917. The van der Waals surface area contributed by atoms with Crippen molar-refractivity contribution < 1.29 is 5.11 Å². The van der Waals surface area contributed by atoms with Crippen LogP contribution in [0.4, 0.5) is 0 Å². The van der Waals surface area contributed by atoms with Crippen LogP contribution in [0.25, 0.3) is 0 Å². The van der Waals surface area contributed by atoms with E-state index in [2.05, 4.69) is 0 Å². The molecule has 3 heteroatoms. The Bertz CT molecular complexity index is 87.5. The zero-order valence-corrected chi connectivity index (χ0v) is 6.81. The zero-order valence-electron chi connectivity index (χ0n) is 6.06. The number of rotatable bonds is 1. The molecule has 0 aliphatic rings. The second-order valence-electron chi connectivity index (χ2n) is 3.26. The molecule has 2 nitrogen and oxygen atoms in total. The van der Waals surface area contributed by atoms with Crippen LogP contribution in [0.5, 0.6) is 0 Å². The van der Waals surface area contributed by atoms with Gasteiger partial charge in [-0.2, -0.15) is 0 Å². The molecule has 0 fully saturated rings. The van der Waals surface area contributed by atoms with Crippen molar-refractivity contribution in [2.45, 2.75) is 32.4 Å². The Labute approximate surface area is 61.0 Å². The molecule has 56 valence electrons. The van der Waals surface area contributed by atoms with Crippen molar-refractivity contribution in [3.8, 4) is 0 Å². The molecule has 2 unspecified atom stereocenters. The molecular weight excluding hydrogens is 138 g/mol. The van der Waals surface area contributed by atoms with E-state index in [-0.39, 0.29) is 5.41 Å². The molecule has 0 aromatic rings. The van der Waals surface area contributed by atoms with Gasteiger partial charge in [0.15, 0.2) is 0 Å². The van der Waals surface area contributed by atoms with Crippen molar-refractivity contribution in [2.75, 3.05) is 0 Å². The number of aliphatic hydroxyl groups is 1. The third kappa shape index (κ3) is 3.04. The molecule has 0 bridgehead atoms. The molecule has 0 saturated heterocycles. The third-order valence-electron chi connectivity index (χ3n) is 1.19. The first kappa shape index (κ1) is 9.21. The van der Waals surface area contributed by atoms with Crippen LogP contribution in [-0.4, -0.2) is 16.7 Å². The first-order valence-corrected chi connectivity index (χ1v) is 3.37. The summed E-state index contributed by atoms with van der Waals surface area (Å²) in [5, 5.41) is 9.21. The second kappa shape index (κ2) is 2.86. The van der Waals surface area contributed by atoms with Gasteiger partial charge in [0.25, 0.3) is 0 Å². The Morgan fingerprint density at radius 2 is 1.78 bits per heavy atom. The lowest BCUT2D eigenvalue weighted by molar-refractivity contribution is 0.0606. The number of alkyl halides is 1. The van der Waals surface area contributed by atoms with Crippen LogP contribution < -0.4 is 5.73 Å². The highest BCUT2D eigenvalue weighted by molar-refractivity contribution is 6.20. The molecule has 9 heavy (non-hydrogen) atoms. The fraction of sp³-hybridized carbons (Fsp3) is 1.00. The number of aliphatic hydroxyl groups excluding tert-OH is 1. The van der Waals surface area contributed by atoms with Crippen LogP contribution in [0.15, 0.2) is 0 Å². The van der Waals surface area contributed by atoms with Crippen molar-refractivity contribution in [1.29, 1.82) is 0 Å². The maximum absolute atomic E-state index is 9.21. The highest BCUT2D eigenvalue weighted by Crippen LogP contribution is 2.21. The normalized spacial score (nSPS) is 19.3. The van der Waals surface area contributed by atoms with Gasteiger partial charge in [-0.3, -0.25) is 0 Å². The quantitative estimate of drug-likeness (QED) is 0.433. The third-order valence-corrected chi connectivity index (χ3v) is 1.43. The summed E-state index contributed by atoms with van der Waals surface area (Å²) >= 11 is 5.44. The summed E-state index contributed by atoms with van der Waals surface area (Å²) in [7, 11) is 0. The maximum atomic E-state index is 9.21. The summed E-state index contributed by atoms with van der Waals surface area (Å²) in [5.41, 5.74) is 4.35. The number of halogens is 1. The van der Waals surface area contributed by atoms with Crippen molar-refractivity contribution in [3.63, 3.8) is 0 Å². The fourth-order valence-electron chi connectivity index (χ4n) is 0.478. The largest absolute Gasteiger partial charge is 0.390 e. The summed E-state index contributed by atoms with van der Waals surface area (Å²) < 4.78 is 0. The van der Waals surface area contributed by atoms with Crippen LogP contribution in [0.3, 0.4) is 0 Å². The molecule has 0 amide bonds. The van der Waals surface area contributed by atoms with Crippen LogP contribution >= 0.6 is 11.6 Å². The first-order chi connectivity index (χ1) is 3.85. The van der Waals surface area contributed by atoms with Crippen LogP contribution in [0.1, 0.15) is 20.8 Å². The van der Waals surface area contributed by atoms with Gasteiger partial charge in [0.2, 0.25) is 0 Å². The zero-order chi connectivity index (χ0) is 7.65. The van der Waals surface area contributed by atoms with Crippen molar-refractivity contribution in [3.05, 3.63) is 0 Å². The van der Waals surface area contributed by atoms with Crippen LogP contribution in [0.2, 0.25) is 0 Å². The van der Waals surface area contributed by atoms with E-state index in [1.54, 1.807) is 0 Å². The van der Waals surface area contributed by atoms with Gasteiger partial charge in [-0.05, 0) is 5.41 Å². The molecule has 0 aliphatic carbocycles. The van der Waals surface area contributed by atoms with E-state index in [0.717, 1.165) is 0 Å². The van der Waals surface area contributed by atoms with E-state index >= 15 is 0 Å². The SMILES string of the molecule is CC(C)(C)C(O)C(N)Cl. The van der Waals surface area contributed by atoms with Gasteiger partial charge in [0.05, 0.1) is 6.10 Å². The predicted molar refractivity (Wildman–Crippen MR) is 39.3 cm³/mol. The maximum Gasteiger partial charge on any atom is 0.107 e. The summed E-state index contributed by atoms with van der Waals surface area (Å²) in [4.78, 5) is 0. The molecule has 0 aromatic heterocycles. The molecular formula is C6H14ClNO. The minimum absolute atomic E-state index is 0.221. The summed E-state index contributed by atoms with van der Waals surface area (Å²) in [5.74, 6) is 0. The lowest BCUT2D eigenvalue weighted by atomic mass is 9.89. The molecule has 0 rings (SSSR count). The van der Waals surface area contributed by atoms with E-state index in [0.29, 0.717) is 0 Å². The number of hydrogen-bond donors (Lipinski definition) is 2. The van der Waals surface area contributed by atoms with Gasteiger partial charge in [-0.25, -0.2) is 0 Å². The van der Waals surface area contributed by atoms with E-state index < -0.39 is 11.6 Å². The minimum Gasteiger partial charge on any atom is -0.390 e. The highest BCUT2D eigenvalue weighted by Gasteiger charge is 2.26. The Morgan fingerprint density at radius 1 is 1.44 bits per heavy atom. The Kier molecular flexibility index (Phi) is 2.93. The molecule has 0 radical (unpaired) electrons.